The zero-order chi connectivity index (χ0) is 18.1. The third-order valence-corrected chi connectivity index (χ3v) is 6.30. The van der Waals surface area contributed by atoms with Crippen molar-refractivity contribution in [1.82, 2.24) is 9.62 Å². The minimum absolute atomic E-state index is 0.0216. The largest absolute Gasteiger partial charge is 0.349 e. The number of nitrogens with zero attached hydrogens (tertiary/aromatic N) is 1. The van der Waals surface area contributed by atoms with Crippen molar-refractivity contribution in [3.63, 3.8) is 0 Å². The van der Waals surface area contributed by atoms with Crippen LogP contribution in [0.3, 0.4) is 0 Å². The van der Waals surface area contributed by atoms with E-state index in [1.54, 1.807) is 0 Å². The molecule has 1 fully saturated rings. The quantitative estimate of drug-likeness (QED) is 0.905. The molecule has 6 heteroatoms. The van der Waals surface area contributed by atoms with Gasteiger partial charge in [-0.2, -0.15) is 0 Å². The fraction of sp³-hybridized carbons (Fsp3) is 0.611. The zero-order valence-corrected chi connectivity index (χ0v) is 16.0. The number of piperidine rings is 1. The highest BCUT2D eigenvalue weighted by atomic mass is 32.2. The van der Waals surface area contributed by atoms with Crippen LogP contribution in [0, 0.1) is 26.7 Å². The molecule has 0 bridgehead atoms. The molecular formula is C18H28N2O3S. The van der Waals surface area contributed by atoms with Gasteiger partial charge in [0.15, 0.2) is 0 Å². The number of nitrogens with one attached hydrogen (secondary N) is 1. The molecule has 0 saturated carbocycles. The van der Waals surface area contributed by atoms with Gasteiger partial charge < -0.3 is 5.32 Å². The lowest BCUT2D eigenvalue weighted by atomic mass is 9.94. The summed E-state index contributed by atoms with van der Waals surface area (Å²) in [6.45, 7) is 9.08. The first-order valence-corrected chi connectivity index (χ1v) is 10.3. The fourth-order valence-corrected chi connectivity index (χ4v) is 4.18. The molecule has 2 rings (SSSR count). The Balaban J connectivity index is 1.99. The van der Waals surface area contributed by atoms with Gasteiger partial charge in [0.05, 0.1) is 12.3 Å². The number of rotatable bonds is 4. The van der Waals surface area contributed by atoms with E-state index in [1.807, 2.05) is 6.92 Å². The molecule has 1 heterocycles. The van der Waals surface area contributed by atoms with E-state index >= 15 is 0 Å². The number of benzene rings is 1. The predicted octanol–water partition coefficient (Wildman–Crippen LogP) is 2.46. The van der Waals surface area contributed by atoms with E-state index in [-0.39, 0.29) is 17.9 Å². The molecule has 0 radical (unpaired) electrons. The van der Waals surface area contributed by atoms with Crippen LogP contribution in [0.15, 0.2) is 12.1 Å². The van der Waals surface area contributed by atoms with Crippen molar-refractivity contribution in [2.45, 2.75) is 46.6 Å². The number of carbonyl (C=O) groups excluding carboxylic acids is 1. The van der Waals surface area contributed by atoms with Crippen molar-refractivity contribution < 1.29 is 13.2 Å². The average molecular weight is 353 g/mol. The molecule has 1 saturated heterocycles. The van der Waals surface area contributed by atoms with Gasteiger partial charge in [-0.05, 0) is 62.8 Å². The molecule has 5 nitrogen and oxygen atoms in total. The van der Waals surface area contributed by atoms with Crippen molar-refractivity contribution in [1.29, 1.82) is 0 Å². The topological polar surface area (TPSA) is 66.5 Å². The number of aryl methyl sites for hydroxylation is 3. The van der Waals surface area contributed by atoms with Gasteiger partial charge in [-0.1, -0.05) is 12.1 Å². The molecule has 0 aliphatic carbocycles. The lowest BCUT2D eigenvalue weighted by Crippen LogP contribution is -2.43. The van der Waals surface area contributed by atoms with Crippen molar-refractivity contribution in [3.05, 3.63) is 34.4 Å². The van der Waals surface area contributed by atoms with Crippen molar-refractivity contribution >= 4 is 15.9 Å². The minimum Gasteiger partial charge on any atom is -0.349 e. The molecule has 0 unspecified atom stereocenters. The Morgan fingerprint density at radius 2 is 1.67 bits per heavy atom. The molecule has 24 heavy (non-hydrogen) atoms. The lowest BCUT2D eigenvalue weighted by Gasteiger charge is -2.30. The molecule has 0 spiro atoms. The van der Waals surface area contributed by atoms with Gasteiger partial charge in [0.2, 0.25) is 15.9 Å². The second kappa shape index (κ2) is 7.23. The van der Waals surface area contributed by atoms with E-state index in [9.17, 15) is 13.2 Å². The summed E-state index contributed by atoms with van der Waals surface area (Å²) in [7, 11) is -3.15. The SMILES string of the molecule is Cc1cc(C)c([C@@H](C)NC(=O)C2CCN(S(C)(=O)=O)CC2)cc1C. The molecule has 0 aromatic heterocycles. The summed E-state index contributed by atoms with van der Waals surface area (Å²) in [4.78, 5) is 12.5. The molecule has 1 N–H and O–H groups in total. The van der Waals surface area contributed by atoms with Crippen LogP contribution in [0.2, 0.25) is 0 Å². The van der Waals surface area contributed by atoms with E-state index in [0.29, 0.717) is 25.9 Å². The molecular weight excluding hydrogens is 324 g/mol. The molecule has 1 aromatic carbocycles. The van der Waals surface area contributed by atoms with E-state index in [0.717, 1.165) is 5.56 Å². The van der Waals surface area contributed by atoms with Gasteiger partial charge in [-0.25, -0.2) is 12.7 Å². The minimum atomic E-state index is -3.15. The first kappa shape index (κ1) is 18.9. The summed E-state index contributed by atoms with van der Waals surface area (Å²) >= 11 is 0. The van der Waals surface area contributed by atoms with Gasteiger partial charge in [0.25, 0.3) is 0 Å². The van der Waals surface area contributed by atoms with Gasteiger partial charge in [-0.3, -0.25) is 4.79 Å². The van der Waals surface area contributed by atoms with E-state index < -0.39 is 10.0 Å². The summed E-state index contributed by atoms with van der Waals surface area (Å²) in [5, 5.41) is 3.10. The molecule has 1 aliphatic heterocycles. The summed E-state index contributed by atoms with van der Waals surface area (Å²) < 4.78 is 24.5. The molecule has 134 valence electrons. The van der Waals surface area contributed by atoms with Crippen molar-refractivity contribution in [2.24, 2.45) is 5.92 Å². The monoisotopic (exact) mass is 352 g/mol. The highest BCUT2D eigenvalue weighted by Crippen LogP contribution is 2.24. The Labute approximate surface area is 145 Å². The van der Waals surface area contributed by atoms with Crippen molar-refractivity contribution in [2.75, 3.05) is 19.3 Å². The van der Waals surface area contributed by atoms with Gasteiger partial charge in [0, 0.05) is 19.0 Å². The Kier molecular flexibility index (Phi) is 5.71. The Morgan fingerprint density at radius 3 is 2.21 bits per heavy atom. The van der Waals surface area contributed by atoms with Crippen LogP contribution in [0.1, 0.15) is 48.1 Å². The van der Waals surface area contributed by atoms with Crippen LogP contribution in [-0.2, 0) is 14.8 Å². The molecule has 1 amide bonds. The second-order valence-corrected chi connectivity index (χ2v) is 8.94. The summed E-state index contributed by atoms with van der Waals surface area (Å²) in [5.41, 5.74) is 4.79. The molecule has 1 atom stereocenters. The predicted molar refractivity (Wildman–Crippen MR) is 96.4 cm³/mol. The van der Waals surface area contributed by atoms with E-state index in [2.05, 4.69) is 38.2 Å². The molecule has 1 aromatic rings. The van der Waals surface area contributed by atoms with Gasteiger partial charge in [0.1, 0.15) is 0 Å². The Bertz CT molecular complexity index is 720. The number of amides is 1. The van der Waals surface area contributed by atoms with Crippen LogP contribution in [0.25, 0.3) is 0 Å². The number of hydrogen-bond donors (Lipinski definition) is 1. The standard InChI is InChI=1S/C18H28N2O3S/c1-12-10-14(3)17(11-13(12)2)15(4)19-18(21)16-6-8-20(9-7-16)24(5,22)23/h10-11,15-16H,6-9H2,1-5H3,(H,19,21)/t15-/m1/s1. The van der Waals surface area contributed by atoms with E-state index in [1.165, 1.54) is 27.3 Å². The Morgan fingerprint density at radius 1 is 1.12 bits per heavy atom. The maximum atomic E-state index is 12.5. The first-order chi connectivity index (χ1) is 11.1. The third-order valence-electron chi connectivity index (χ3n) is 5.00. The van der Waals surface area contributed by atoms with Crippen LogP contribution in [0.4, 0.5) is 0 Å². The summed E-state index contributed by atoms with van der Waals surface area (Å²) in [6, 6.07) is 4.24. The lowest BCUT2D eigenvalue weighted by molar-refractivity contribution is -0.126. The normalized spacial score (nSPS) is 18.4. The third kappa shape index (κ3) is 4.36. The summed E-state index contributed by atoms with van der Waals surface area (Å²) in [6.07, 6.45) is 2.38. The van der Waals surface area contributed by atoms with Crippen molar-refractivity contribution in [3.8, 4) is 0 Å². The Hall–Kier alpha value is -1.40. The van der Waals surface area contributed by atoms with Gasteiger partial charge >= 0.3 is 0 Å². The highest BCUT2D eigenvalue weighted by Gasteiger charge is 2.29. The summed E-state index contributed by atoms with van der Waals surface area (Å²) in [5.74, 6) is -0.0921. The number of carbonyl (C=O) groups is 1. The highest BCUT2D eigenvalue weighted by molar-refractivity contribution is 7.88. The van der Waals surface area contributed by atoms with Crippen LogP contribution in [-0.4, -0.2) is 38.0 Å². The second-order valence-electron chi connectivity index (χ2n) is 6.96. The van der Waals surface area contributed by atoms with E-state index in [4.69, 9.17) is 0 Å². The molecule has 1 aliphatic rings. The smallest absolute Gasteiger partial charge is 0.223 e. The zero-order valence-electron chi connectivity index (χ0n) is 15.2. The average Bonchev–Trinajstić information content (AvgIpc) is 2.50. The number of sulfonamides is 1. The fourth-order valence-electron chi connectivity index (χ4n) is 3.31. The van der Waals surface area contributed by atoms with Crippen LogP contribution >= 0.6 is 0 Å². The van der Waals surface area contributed by atoms with Crippen LogP contribution < -0.4 is 5.32 Å². The van der Waals surface area contributed by atoms with Gasteiger partial charge in [-0.15, -0.1) is 0 Å². The first-order valence-electron chi connectivity index (χ1n) is 8.43. The maximum Gasteiger partial charge on any atom is 0.223 e. The maximum absolute atomic E-state index is 12.5. The number of hydrogen-bond acceptors (Lipinski definition) is 3. The van der Waals surface area contributed by atoms with Crippen LogP contribution in [0.5, 0.6) is 0 Å².